The number of rotatable bonds is 8. The van der Waals surface area contributed by atoms with Gasteiger partial charge in [-0.2, -0.15) is 0 Å². The number of esters is 1. The molecule has 0 aliphatic carbocycles. The number of hydrogen-bond acceptors (Lipinski definition) is 4. The summed E-state index contributed by atoms with van der Waals surface area (Å²) < 4.78 is 5.14. The van der Waals surface area contributed by atoms with Crippen LogP contribution in [0.15, 0.2) is 72.4 Å². The highest BCUT2D eigenvalue weighted by atomic mass is 16.5. The molecule has 0 atom stereocenters. The van der Waals surface area contributed by atoms with Crippen LogP contribution in [0.1, 0.15) is 11.1 Å². The average molecular weight is 309 g/mol. The molecule has 0 fully saturated rings. The molecule has 0 saturated carbocycles. The molecular weight excluding hydrogens is 290 g/mol. The fraction of sp³-hybridized carbons (Fsp3) is 0.158. The molecule has 2 rings (SSSR count). The first-order chi connectivity index (χ1) is 11.3. The third kappa shape index (κ3) is 6.18. The standard InChI is InChI=1S/C19H19NO3/c21-14-18(11-16-7-3-1-4-8-16)12-20-13-19(22)23-15-17-9-5-2-6-10-17/h1-10,12,14,20H,11,13,15H2/b18-12-. The lowest BCUT2D eigenvalue weighted by Crippen LogP contribution is -2.21. The number of carbonyl (C=O) groups is 2. The third-order valence-corrected chi connectivity index (χ3v) is 3.18. The maximum absolute atomic E-state index is 11.6. The minimum absolute atomic E-state index is 0.0267. The molecule has 0 bridgehead atoms. The van der Waals surface area contributed by atoms with Gasteiger partial charge in [-0.15, -0.1) is 0 Å². The number of allylic oxidation sites excluding steroid dienone is 1. The highest BCUT2D eigenvalue weighted by molar-refractivity contribution is 5.75. The molecule has 0 aromatic heterocycles. The second kappa shape index (κ2) is 9.20. The van der Waals surface area contributed by atoms with Crippen molar-refractivity contribution in [2.24, 2.45) is 0 Å². The Morgan fingerprint density at radius 1 is 0.957 bits per heavy atom. The van der Waals surface area contributed by atoms with Crippen LogP contribution in [-0.2, 0) is 27.4 Å². The van der Waals surface area contributed by atoms with Gasteiger partial charge in [0, 0.05) is 18.2 Å². The Morgan fingerprint density at radius 2 is 1.57 bits per heavy atom. The summed E-state index contributed by atoms with van der Waals surface area (Å²) in [7, 11) is 0. The van der Waals surface area contributed by atoms with E-state index < -0.39 is 0 Å². The second-order valence-electron chi connectivity index (χ2n) is 5.03. The van der Waals surface area contributed by atoms with Gasteiger partial charge in [0.2, 0.25) is 0 Å². The average Bonchev–Trinajstić information content (AvgIpc) is 2.61. The van der Waals surface area contributed by atoms with Gasteiger partial charge in [-0.25, -0.2) is 0 Å². The summed E-state index contributed by atoms with van der Waals surface area (Å²) in [6.45, 7) is 0.272. The van der Waals surface area contributed by atoms with Crippen LogP contribution in [0.2, 0.25) is 0 Å². The zero-order valence-electron chi connectivity index (χ0n) is 12.8. The Morgan fingerprint density at radius 3 is 2.17 bits per heavy atom. The minimum Gasteiger partial charge on any atom is -0.460 e. The van der Waals surface area contributed by atoms with Crippen molar-refractivity contribution in [2.45, 2.75) is 13.0 Å². The van der Waals surface area contributed by atoms with Crippen molar-refractivity contribution in [1.82, 2.24) is 5.32 Å². The lowest BCUT2D eigenvalue weighted by atomic mass is 10.1. The van der Waals surface area contributed by atoms with Crippen LogP contribution in [0, 0.1) is 0 Å². The van der Waals surface area contributed by atoms with Crippen molar-refractivity contribution in [3.05, 3.63) is 83.6 Å². The van der Waals surface area contributed by atoms with E-state index in [4.69, 9.17) is 4.74 Å². The number of benzene rings is 2. The third-order valence-electron chi connectivity index (χ3n) is 3.18. The van der Waals surface area contributed by atoms with Gasteiger partial charge >= 0.3 is 5.97 Å². The van der Waals surface area contributed by atoms with Gasteiger partial charge in [-0.05, 0) is 11.1 Å². The van der Waals surface area contributed by atoms with E-state index in [9.17, 15) is 9.59 Å². The van der Waals surface area contributed by atoms with Crippen molar-refractivity contribution in [2.75, 3.05) is 6.54 Å². The van der Waals surface area contributed by atoms with Crippen LogP contribution in [0.3, 0.4) is 0 Å². The molecule has 0 heterocycles. The van der Waals surface area contributed by atoms with Crippen molar-refractivity contribution in [1.29, 1.82) is 0 Å². The predicted octanol–water partition coefficient (Wildman–Crippen LogP) is 2.64. The van der Waals surface area contributed by atoms with Crippen molar-refractivity contribution >= 4 is 12.3 Å². The van der Waals surface area contributed by atoms with E-state index in [1.807, 2.05) is 60.7 Å². The summed E-state index contributed by atoms with van der Waals surface area (Å²) in [5.74, 6) is -0.366. The quantitative estimate of drug-likeness (QED) is 0.463. The summed E-state index contributed by atoms with van der Waals surface area (Å²) in [4.78, 5) is 22.7. The van der Waals surface area contributed by atoms with Crippen molar-refractivity contribution in [3.8, 4) is 0 Å². The first kappa shape index (κ1) is 16.5. The van der Waals surface area contributed by atoms with Crippen molar-refractivity contribution < 1.29 is 14.3 Å². The van der Waals surface area contributed by atoms with E-state index in [1.54, 1.807) is 6.20 Å². The number of nitrogens with one attached hydrogen (secondary N) is 1. The van der Waals surface area contributed by atoms with E-state index >= 15 is 0 Å². The zero-order chi connectivity index (χ0) is 16.3. The van der Waals surface area contributed by atoms with E-state index in [0.29, 0.717) is 12.0 Å². The fourth-order valence-electron chi connectivity index (χ4n) is 2.01. The Hall–Kier alpha value is -2.88. The summed E-state index contributed by atoms with van der Waals surface area (Å²) in [6, 6.07) is 19.2. The monoisotopic (exact) mass is 309 g/mol. The predicted molar refractivity (Wildman–Crippen MR) is 88.5 cm³/mol. The Kier molecular flexibility index (Phi) is 6.60. The topological polar surface area (TPSA) is 55.4 Å². The lowest BCUT2D eigenvalue weighted by Gasteiger charge is -2.06. The van der Waals surface area contributed by atoms with Crippen LogP contribution >= 0.6 is 0 Å². The molecule has 118 valence electrons. The molecule has 0 aliphatic rings. The van der Waals surface area contributed by atoms with Crippen LogP contribution in [0.4, 0.5) is 0 Å². The van der Waals surface area contributed by atoms with Gasteiger partial charge in [0.1, 0.15) is 19.4 Å². The van der Waals surface area contributed by atoms with Gasteiger partial charge in [-0.3, -0.25) is 9.59 Å². The summed E-state index contributed by atoms with van der Waals surface area (Å²) >= 11 is 0. The molecule has 0 spiro atoms. The van der Waals surface area contributed by atoms with E-state index in [-0.39, 0.29) is 19.1 Å². The van der Waals surface area contributed by atoms with Crippen LogP contribution < -0.4 is 5.32 Å². The highest BCUT2D eigenvalue weighted by Gasteiger charge is 2.03. The van der Waals surface area contributed by atoms with Gasteiger partial charge in [0.05, 0.1) is 0 Å². The van der Waals surface area contributed by atoms with Gasteiger partial charge in [0.25, 0.3) is 0 Å². The number of hydrogen-bond donors (Lipinski definition) is 1. The zero-order valence-corrected chi connectivity index (χ0v) is 12.8. The molecule has 0 saturated heterocycles. The fourth-order valence-corrected chi connectivity index (χ4v) is 2.01. The smallest absolute Gasteiger partial charge is 0.325 e. The summed E-state index contributed by atoms with van der Waals surface area (Å²) in [5, 5.41) is 2.82. The summed E-state index contributed by atoms with van der Waals surface area (Å²) in [5.41, 5.74) is 2.56. The van der Waals surface area contributed by atoms with Gasteiger partial charge in [-0.1, -0.05) is 60.7 Å². The molecule has 0 unspecified atom stereocenters. The largest absolute Gasteiger partial charge is 0.460 e. The first-order valence-corrected chi connectivity index (χ1v) is 7.39. The molecule has 2 aromatic carbocycles. The Bertz CT molecular complexity index is 651. The van der Waals surface area contributed by atoms with Crippen molar-refractivity contribution in [3.63, 3.8) is 0 Å². The van der Waals surface area contributed by atoms with E-state index in [0.717, 1.165) is 17.4 Å². The molecule has 4 nitrogen and oxygen atoms in total. The number of aldehydes is 1. The molecule has 1 N–H and O–H groups in total. The van der Waals surface area contributed by atoms with E-state index in [2.05, 4.69) is 5.32 Å². The van der Waals surface area contributed by atoms with Crippen LogP contribution in [0.5, 0.6) is 0 Å². The normalized spacial score (nSPS) is 10.9. The Balaban J connectivity index is 1.75. The Labute approximate surface area is 135 Å². The number of ether oxygens (including phenoxy) is 1. The maximum Gasteiger partial charge on any atom is 0.325 e. The molecule has 0 radical (unpaired) electrons. The van der Waals surface area contributed by atoms with Crippen LogP contribution in [0.25, 0.3) is 0 Å². The summed E-state index contributed by atoms with van der Waals surface area (Å²) in [6.07, 6.45) is 2.87. The molecular formula is C19H19NO3. The maximum atomic E-state index is 11.6. The van der Waals surface area contributed by atoms with Gasteiger partial charge in [0.15, 0.2) is 0 Å². The molecule has 0 aliphatic heterocycles. The molecule has 4 heteroatoms. The van der Waals surface area contributed by atoms with Crippen LogP contribution in [-0.4, -0.2) is 18.8 Å². The van der Waals surface area contributed by atoms with E-state index in [1.165, 1.54) is 0 Å². The minimum atomic E-state index is -0.366. The SMILES string of the molecule is O=C/C(=C\NCC(=O)OCc1ccccc1)Cc1ccccc1. The molecule has 0 amide bonds. The second-order valence-corrected chi connectivity index (χ2v) is 5.03. The lowest BCUT2D eigenvalue weighted by molar-refractivity contribution is -0.143. The van der Waals surface area contributed by atoms with Gasteiger partial charge < -0.3 is 10.1 Å². The number of carbonyl (C=O) groups excluding carboxylic acids is 2. The molecule has 2 aromatic rings. The first-order valence-electron chi connectivity index (χ1n) is 7.39. The highest BCUT2D eigenvalue weighted by Crippen LogP contribution is 2.05. The molecule has 23 heavy (non-hydrogen) atoms.